The molecule has 1 heterocycles. The predicted molar refractivity (Wildman–Crippen MR) is 96.6 cm³/mol. The third-order valence-corrected chi connectivity index (χ3v) is 3.56. The van der Waals surface area contributed by atoms with E-state index in [-0.39, 0.29) is 17.6 Å². The lowest BCUT2D eigenvalue weighted by Gasteiger charge is -2.07. The van der Waals surface area contributed by atoms with Gasteiger partial charge in [0.1, 0.15) is 11.6 Å². The average Bonchev–Trinajstić information content (AvgIpc) is 3.13. The first-order valence-electron chi connectivity index (χ1n) is 7.81. The highest BCUT2D eigenvalue weighted by atomic mass is 19.1. The molecule has 3 aromatic rings. The van der Waals surface area contributed by atoms with Crippen LogP contribution in [0.2, 0.25) is 0 Å². The Labute approximate surface area is 149 Å². The smallest absolute Gasteiger partial charge is 0.318 e. The highest BCUT2D eigenvalue weighted by molar-refractivity contribution is 6.03. The van der Waals surface area contributed by atoms with Gasteiger partial charge in [0.25, 0.3) is 5.91 Å². The van der Waals surface area contributed by atoms with Crippen LogP contribution in [0.5, 0.6) is 0 Å². The van der Waals surface area contributed by atoms with Crippen molar-refractivity contribution in [3.05, 3.63) is 72.2 Å². The van der Waals surface area contributed by atoms with E-state index >= 15 is 0 Å². The molecule has 0 aliphatic carbocycles. The lowest BCUT2D eigenvalue weighted by Crippen LogP contribution is -2.24. The van der Waals surface area contributed by atoms with E-state index in [1.807, 2.05) is 0 Å². The van der Waals surface area contributed by atoms with E-state index in [4.69, 9.17) is 4.42 Å². The summed E-state index contributed by atoms with van der Waals surface area (Å²) in [6.45, 7) is 0. The molecule has 1 aromatic heterocycles. The number of rotatable bonds is 4. The molecule has 0 saturated heterocycles. The van der Waals surface area contributed by atoms with Crippen LogP contribution < -0.4 is 16.0 Å². The Morgan fingerprint density at radius 1 is 0.923 bits per heavy atom. The van der Waals surface area contributed by atoms with Gasteiger partial charge in [0.05, 0.1) is 0 Å². The molecule has 2 aromatic carbocycles. The summed E-state index contributed by atoms with van der Waals surface area (Å²) in [4.78, 5) is 23.7. The maximum Gasteiger partial charge on any atom is 0.318 e. The summed E-state index contributed by atoms with van der Waals surface area (Å²) in [7, 11) is 1.51. The summed E-state index contributed by atoms with van der Waals surface area (Å²) in [5.41, 5.74) is 1.71. The molecule has 3 N–H and O–H groups in total. The number of furan rings is 1. The summed E-state index contributed by atoms with van der Waals surface area (Å²) >= 11 is 0. The molecule has 0 unspecified atom stereocenters. The van der Waals surface area contributed by atoms with Gasteiger partial charge in [-0.1, -0.05) is 6.07 Å². The number of hydrogen-bond donors (Lipinski definition) is 3. The fraction of sp³-hybridized carbons (Fsp3) is 0.0526. The van der Waals surface area contributed by atoms with Crippen molar-refractivity contribution in [1.29, 1.82) is 0 Å². The van der Waals surface area contributed by atoms with E-state index in [2.05, 4.69) is 16.0 Å². The minimum absolute atomic E-state index is 0.119. The number of anilines is 2. The van der Waals surface area contributed by atoms with Gasteiger partial charge in [0, 0.05) is 24.0 Å². The third kappa shape index (κ3) is 4.07. The molecule has 0 saturated carbocycles. The van der Waals surface area contributed by atoms with Crippen LogP contribution in [0.4, 0.5) is 20.6 Å². The highest BCUT2D eigenvalue weighted by Gasteiger charge is 2.13. The van der Waals surface area contributed by atoms with Crippen LogP contribution >= 0.6 is 0 Å². The van der Waals surface area contributed by atoms with Crippen LogP contribution in [0.25, 0.3) is 11.3 Å². The van der Waals surface area contributed by atoms with Crippen molar-refractivity contribution in [1.82, 2.24) is 5.32 Å². The second-order valence-corrected chi connectivity index (χ2v) is 5.41. The summed E-state index contributed by atoms with van der Waals surface area (Å²) in [6.07, 6.45) is 0. The molecule has 0 spiro atoms. The second kappa shape index (κ2) is 7.52. The van der Waals surface area contributed by atoms with Crippen molar-refractivity contribution >= 4 is 23.3 Å². The van der Waals surface area contributed by atoms with Gasteiger partial charge in [-0.3, -0.25) is 4.79 Å². The first-order chi connectivity index (χ1) is 12.5. The van der Waals surface area contributed by atoms with Crippen molar-refractivity contribution < 1.29 is 18.4 Å². The van der Waals surface area contributed by atoms with Gasteiger partial charge in [-0.05, 0) is 54.6 Å². The Morgan fingerprint density at radius 2 is 1.62 bits per heavy atom. The molecule has 132 valence electrons. The maximum atomic E-state index is 13.0. The lowest BCUT2D eigenvalue weighted by atomic mass is 10.2. The summed E-state index contributed by atoms with van der Waals surface area (Å²) in [5.74, 6) is -0.196. The largest absolute Gasteiger partial charge is 0.451 e. The zero-order chi connectivity index (χ0) is 18.5. The minimum atomic E-state index is -0.435. The first-order valence-corrected chi connectivity index (χ1v) is 7.81. The van der Waals surface area contributed by atoms with Crippen LogP contribution in [0, 0.1) is 5.82 Å². The molecule has 6 nitrogen and oxygen atoms in total. The Hall–Kier alpha value is -3.61. The standard InChI is InChI=1S/C19H16FN3O3/c1-21-19(25)23-15-4-2-3-14(11-15)22-18(24)17-10-9-16(26-17)12-5-7-13(20)8-6-12/h2-11H,1H3,(H,22,24)(H2,21,23,25). The lowest BCUT2D eigenvalue weighted by molar-refractivity contribution is 0.0997. The van der Waals surface area contributed by atoms with E-state index in [0.717, 1.165) is 0 Å². The topological polar surface area (TPSA) is 83.4 Å². The van der Waals surface area contributed by atoms with Gasteiger partial charge in [-0.15, -0.1) is 0 Å². The number of carbonyl (C=O) groups excluding carboxylic acids is 2. The predicted octanol–water partition coefficient (Wildman–Crippen LogP) is 4.09. The quantitative estimate of drug-likeness (QED) is 0.661. The molecule has 0 radical (unpaired) electrons. The molecule has 7 heteroatoms. The number of carbonyl (C=O) groups is 2. The Morgan fingerprint density at radius 3 is 2.31 bits per heavy atom. The van der Waals surface area contributed by atoms with Gasteiger partial charge < -0.3 is 20.4 Å². The van der Waals surface area contributed by atoms with E-state index < -0.39 is 5.91 Å². The normalized spacial score (nSPS) is 10.2. The highest BCUT2D eigenvalue weighted by Crippen LogP contribution is 2.23. The number of benzene rings is 2. The molecule has 0 atom stereocenters. The third-order valence-electron chi connectivity index (χ3n) is 3.56. The number of halogens is 1. The Balaban J connectivity index is 1.71. The minimum Gasteiger partial charge on any atom is -0.451 e. The van der Waals surface area contributed by atoms with E-state index in [0.29, 0.717) is 22.7 Å². The monoisotopic (exact) mass is 353 g/mol. The van der Waals surface area contributed by atoms with Crippen molar-refractivity contribution in [2.24, 2.45) is 0 Å². The first kappa shape index (κ1) is 17.2. The van der Waals surface area contributed by atoms with Crippen molar-refractivity contribution in [3.63, 3.8) is 0 Å². The fourth-order valence-electron chi connectivity index (χ4n) is 2.29. The van der Waals surface area contributed by atoms with Gasteiger partial charge in [-0.2, -0.15) is 0 Å². The van der Waals surface area contributed by atoms with Crippen LogP contribution in [-0.4, -0.2) is 19.0 Å². The molecular formula is C19H16FN3O3. The molecule has 0 bridgehead atoms. The summed E-state index contributed by atoms with van der Waals surface area (Å²) in [6, 6.07) is 15.3. The van der Waals surface area contributed by atoms with Crippen molar-refractivity contribution in [3.8, 4) is 11.3 Å². The van der Waals surface area contributed by atoms with Gasteiger partial charge in [-0.25, -0.2) is 9.18 Å². The molecule has 0 aliphatic rings. The summed E-state index contributed by atoms with van der Waals surface area (Å²) < 4.78 is 18.5. The number of urea groups is 1. The van der Waals surface area contributed by atoms with E-state index in [1.54, 1.807) is 48.5 Å². The molecule has 0 fully saturated rings. The molecule has 0 aliphatic heterocycles. The van der Waals surface area contributed by atoms with Gasteiger partial charge in [0.15, 0.2) is 5.76 Å². The second-order valence-electron chi connectivity index (χ2n) is 5.41. The van der Waals surface area contributed by atoms with Gasteiger partial charge >= 0.3 is 6.03 Å². The SMILES string of the molecule is CNC(=O)Nc1cccc(NC(=O)c2ccc(-c3ccc(F)cc3)o2)c1. The number of nitrogens with one attached hydrogen (secondary N) is 3. The van der Waals surface area contributed by atoms with Crippen LogP contribution in [0.1, 0.15) is 10.6 Å². The summed E-state index contributed by atoms with van der Waals surface area (Å²) in [5, 5.41) is 7.76. The Bertz CT molecular complexity index is 935. The Kier molecular flexibility index (Phi) is 4.98. The molecular weight excluding hydrogens is 337 g/mol. The van der Waals surface area contributed by atoms with Gasteiger partial charge in [0.2, 0.25) is 0 Å². The zero-order valence-electron chi connectivity index (χ0n) is 13.9. The van der Waals surface area contributed by atoms with Crippen molar-refractivity contribution in [2.75, 3.05) is 17.7 Å². The van der Waals surface area contributed by atoms with E-state index in [9.17, 15) is 14.0 Å². The fourth-order valence-corrected chi connectivity index (χ4v) is 2.29. The molecule has 3 rings (SSSR count). The van der Waals surface area contributed by atoms with Crippen LogP contribution in [0.15, 0.2) is 65.1 Å². The number of amides is 3. The van der Waals surface area contributed by atoms with Crippen LogP contribution in [0.3, 0.4) is 0 Å². The molecule has 3 amide bonds. The zero-order valence-corrected chi connectivity index (χ0v) is 13.9. The number of hydrogen-bond acceptors (Lipinski definition) is 3. The van der Waals surface area contributed by atoms with Crippen molar-refractivity contribution in [2.45, 2.75) is 0 Å². The average molecular weight is 353 g/mol. The van der Waals surface area contributed by atoms with E-state index in [1.165, 1.54) is 19.2 Å². The van der Waals surface area contributed by atoms with Crippen LogP contribution in [-0.2, 0) is 0 Å². The molecule has 26 heavy (non-hydrogen) atoms. The maximum absolute atomic E-state index is 13.0.